The molecular weight excluding hydrogens is 537 g/mol. The standard InChI is InChI=1S/C27H23F3N2O4S2/c1-16(23-15-37-26(31-23)17-7-3-2-4-8-17)21-14-36-24-13-18(11-12-20(24)25(21)33)19-9-5-6-10-22(19)32-38(34,35)27(28,29)30/h2-13,15-16,21,25,32-33H,14H2,1H3/t16-,21+,25+/m0/s1. The molecule has 0 saturated carbocycles. The van der Waals surface area contributed by atoms with Gasteiger partial charge in [0.1, 0.15) is 10.8 Å². The number of rotatable bonds is 6. The Morgan fingerprint density at radius 1 is 1.05 bits per heavy atom. The number of benzene rings is 3. The summed E-state index contributed by atoms with van der Waals surface area (Å²) in [6, 6.07) is 20.5. The van der Waals surface area contributed by atoms with Gasteiger partial charge in [0.15, 0.2) is 0 Å². The maximum absolute atomic E-state index is 12.9. The molecule has 6 nitrogen and oxygen atoms in total. The molecular formula is C27H23F3N2O4S2. The second kappa shape index (κ2) is 10.0. The zero-order valence-electron chi connectivity index (χ0n) is 20.0. The number of aliphatic hydroxyl groups excluding tert-OH is 1. The smallest absolute Gasteiger partial charge is 0.493 e. The Morgan fingerprint density at radius 2 is 1.76 bits per heavy atom. The van der Waals surface area contributed by atoms with Crippen LogP contribution in [0.3, 0.4) is 0 Å². The van der Waals surface area contributed by atoms with Gasteiger partial charge >= 0.3 is 15.5 Å². The van der Waals surface area contributed by atoms with Gasteiger partial charge in [-0.3, -0.25) is 4.72 Å². The fourth-order valence-corrected chi connectivity index (χ4v) is 5.96. The molecule has 0 amide bonds. The Hall–Kier alpha value is -3.41. The van der Waals surface area contributed by atoms with Crippen LogP contribution in [0, 0.1) is 5.92 Å². The van der Waals surface area contributed by atoms with E-state index in [2.05, 4.69) is 0 Å². The third kappa shape index (κ3) is 5.01. The molecule has 1 aliphatic heterocycles. The van der Waals surface area contributed by atoms with Crippen molar-refractivity contribution in [1.82, 2.24) is 4.98 Å². The number of anilines is 1. The van der Waals surface area contributed by atoms with Gasteiger partial charge in [-0.1, -0.05) is 67.6 Å². The molecule has 0 unspecified atom stereocenters. The van der Waals surface area contributed by atoms with Crippen LogP contribution in [0.25, 0.3) is 21.7 Å². The lowest BCUT2D eigenvalue weighted by Crippen LogP contribution is -2.30. The second-order valence-corrected chi connectivity index (χ2v) is 11.5. The van der Waals surface area contributed by atoms with Gasteiger partial charge in [-0.15, -0.1) is 11.3 Å². The van der Waals surface area contributed by atoms with E-state index in [9.17, 15) is 26.7 Å². The fourth-order valence-electron chi connectivity index (χ4n) is 4.45. The summed E-state index contributed by atoms with van der Waals surface area (Å²) in [6.45, 7) is 2.20. The average Bonchev–Trinajstić information content (AvgIpc) is 3.39. The highest BCUT2D eigenvalue weighted by molar-refractivity contribution is 7.93. The Labute approximate surface area is 221 Å². The van der Waals surface area contributed by atoms with Crippen LogP contribution in [0.2, 0.25) is 0 Å². The van der Waals surface area contributed by atoms with Gasteiger partial charge in [-0.25, -0.2) is 4.98 Å². The first-order valence-corrected chi connectivity index (χ1v) is 14.1. The van der Waals surface area contributed by atoms with Crippen LogP contribution in [-0.4, -0.2) is 30.6 Å². The Morgan fingerprint density at radius 3 is 2.50 bits per heavy atom. The largest absolute Gasteiger partial charge is 0.516 e. The lowest BCUT2D eigenvalue weighted by atomic mass is 9.82. The van der Waals surface area contributed by atoms with E-state index in [1.807, 2.05) is 42.6 Å². The third-order valence-corrected chi connectivity index (χ3v) is 8.62. The van der Waals surface area contributed by atoms with Crippen molar-refractivity contribution < 1.29 is 31.4 Å². The van der Waals surface area contributed by atoms with Crippen molar-refractivity contribution in [2.75, 3.05) is 11.3 Å². The number of alkyl halides is 3. The van der Waals surface area contributed by atoms with Gasteiger partial charge < -0.3 is 9.84 Å². The maximum Gasteiger partial charge on any atom is 0.516 e. The van der Waals surface area contributed by atoms with Crippen LogP contribution in [0.15, 0.2) is 78.2 Å². The summed E-state index contributed by atoms with van der Waals surface area (Å²) in [5.74, 6) is 0.00387. The van der Waals surface area contributed by atoms with E-state index < -0.39 is 21.6 Å². The molecule has 3 aromatic carbocycles. The van der Waals surface area contributed by atoms with Crippen molar-refractivity contribution in [2.45, 2.75) is 24.5 Å². The lowest BCUT2D eigenvalue weighted by Gasteiger charge is -2.34. The minimum atomic E-state index is -5.59. The molecule has 38 heavy (non-hydrogen) atoms. The third-order valence-electron chi connectivity index (χ3n) is 6.61. The monoisotopic (exact) mass is 560 g/mol. The molecule has 5 rings (SSSR count). The molecule has 1 aromatic heterocycles. The van der Waals surface area contributed by atoms with Gasteiger partial charge in [0.25, 0.3) is 0 Å². The van der Waals surface area contributed by atoms with E-state index in [0.717, 1.165) is 16.3 Å². The summed E-state index contributed by atoms with van der Waals surface area (Å²) in [5.41, 5.74) is -2.56. The molecule has 3 atom stereocenters. The van der Waals surface area contributed by atoms with Crippen LogP contribution in [0.1, 0.15) is 30.2 Å². The van der Waals surface area contributed by atoms with Crippen LogP contribution >= 0.6 is 11.3 Å². The maximum atomic E-state index is 12.9. The first kappa shape index (κ1) is 26.2. The van der Waals surface area contributed by atoms with E-state index in [4.69, 9.17) is 9.72 Å². The van der Waals surface area contributed by atoms with Crippen LogP contribution in [-0.2, 0) is 10.0 Å². The molecule has 2 N–H and O–H groups in total. The summed E-state index contributed by atoms with van der Waals surface area (Å²) >= 11 is 1.54. The molecule has 0 radical (unpaired) electrons. The normalized spacial score (nSPS) is 18.3. The van der Waals surface area contributed by atoms with Gasteiger partial charge in [0.05, 0.1) is 24.1 Å². The quantitative estimate of drug-likeness (QED) is 0.278. The van der Waals surface area contributed by atoms with Gasteiger partial charge in [0.2, 0.25) is 0 Å². The van der Waals surface area contributed by atoms with Crippen LogP contribution in [0.4, 0.5) is 18.9 Å². The van der Waals surface area contributed by atoms with Gasteiger partial charge in [-0.05, 0) is 17.7 Å². The Balaban J connectivity index is 1.39. The Bertz CT molecular complexity index is 1560. The predicted octanol–water partition coefficient (Wildman–Crippen LogP) is 6.58. The van der Waals surface area contributed by atoms with E-state index in [0.29, 0.717) is 16.9 Å². The van der Waals surface area contributed by atoms with Crippen molar-refractivity contribution in [1.29, 1.82) is 0 Å². The van der Waals surface area contributed by atoms with Gasteiger partial charge in [-0.2, -0.15) is 21.6 Å². The van der Waals surface area contributed by atoms with Crippen molar-refractivity contribution in [3.05, 3.63) is 89.4 Å². The molecule has 0 saturated heterocycles. The van der Waals surface area contributed by atoms with Crippen LogP contribution in [0.5, 0.6) is 5.75 Å². The van der Waals surface area contributed by atoms with E-state index >= 15 is 0 Å². The number of fused-ring (bicyclic) bond motifs is 1. The van der Waals surface area contributed by atoms with E-state index in [-0.39, 0.29) is 29.7 Å². The number of aliphatic hydroxyl groups is 1. The highest BCUT2D eigenvalue weighted by Crippen LogP contribution is 2.44. The number of halogens is 3. The number of para-hydroxylation sites is 1. The fraction of sp³-hybridized carbons (Fsp3) is 0.222. The summed E-state index contributed by atoms with van der Waals surface area (Å²) in [5, 5.41) is 14.1. The van der Waals surface area contributed by atoms with Crippen LogP contribution < -0.4 is 9.46 Å². The predicted molar refractivity (Wildman–Crippen MR) is 140 cm³/mol. The number of ether oxygens (including phenoxy) is 1. The summed E-state index contributed by atoms with van der Waals surface area (Å²) in [7, 11) is -5.59. The summed E-state index contributed by atoms with van der Waals surface area (Å²) < 4.78 is 69.8. The van der Waals surface area contributed by atoms with Crippen molar-refractivity contribution in [2.24, 2.45) is 5.92 Å². The lowest BCUT2D eigenvalue weighted by molar-refractivity contribution is -0.0429. The van der Waals surface area contributed by atoms with E-state index in [1.165, 1.54) is 29.5 Å². The highest BCUT2D eigenvalue weighted by atomic mass is 32.2. The molecule has 4 aromatic rings. The number of sulfonamides is 1. The number of thiazole rings is 1. The molecule has 1 aliphatic rings. The first-order chi connectivity index (χ1) is 18.0. The number of nitrogens with one attached hydrogen (secondary N) is 1. The zero-order chi connectivity index (χ0) is 27.1. The van der Waals surface area contributed by atoms with E-state index in [1.54, 1.807) is 29.0 Å². The van der Waals surface area contributed by atoms with Crippen molar-refractivity contribution in [3.63, 3.8) is 0 Å². The average molecular weight is 561 g/mol. The van der Waals surface area contributed by atoms with Crippen molar-refractivity contribution >= 4 is 27.0 Å². The highest BCUT2D eigenvalue weighted by Gasteiger charge is 2.46. The minimum absolute atomic E-state index is 0.107. The number of hydrogen-bond donors (Lipinski definition) is 2. The van der Waals surface area contributed by atoms with Crippen molar-refractivity contribution in [3.8, 4) is 27.4 Å². The molecule has 0 fully saturated rings. The zero-order valence-corrected chi connectivity index (χ0v) is 21.6. The second-order valence-electron chi connectivity index (χ2n) is 9.00. The number of hydrogen-bond acceptors (Lipinski definition) is 6. The molecule has 0 aliphatic carbocycles. The Kier molecular flexibility index (Phi) is 6.93. The number of aromatic nitrogens is 1. The first-order valence-electron chi connectivity index (χ1n) is 11.7. The molecule has 198 valence electrons. The number of nitrogens with zero attached hydrogens (tertiary/aromatic N) is 1. The molecule has 0 spiro atoms. The molecule has 2 heterocycles. The SMILES string of the molecule is C[C@H](c1csc(-c2ccccc2)n1)[C@H]1COc2cc(-c3ccccc3NS(=O)(=O)C(F)(F)F)ccc2[C@H]1O. The molecule has 11 heteroatoms. The summed E-state index contributed by atoms with van der Waals surface area (Å²) in [4.78, 5) is 4.77. The topological polar surface area (TPSA) is 88.5 Å². The molecule has 0 bridgehead atoms. The van der Waals surface area contributed by atoms with Gasteiger partial charge in [0, 0.05) is 33.9 Å². The minimum Gasteiger partial charge on any atom is -0.493 e. The summed E-state index contributed by atoms with van der Waals surface area (Å²) in [6.07, 6.45) is -0.858.